The van der Waals surface area contributed by atoms with Gasteiger partial charge in [-0.15, -0.1) is 0 Å². The van der Waals surface area contributed by atoms with E-state index in [4.69, 9.17) is 0 Å². The topological polar surface area (TPSA) is 20.2 Å². The molecular weight excluding hydrogens is 174 g/mol. The van der Waals surface area contributed by atoms with Crippen molar-refractivity contribution in [1.29, 1.82) is 0 Å². The Morgan fingerprint density at radius 3 is 2.54 bits per heavy atom. The predicted octanol–water partition coefficient (Wildman–Crippen LogP) is 2.72. The molecule has 0 radical (unpaired) electrons. The van der Waals surface area contributed by atoms with Crippen LogP contribution in [0.5, 0.6) is 0 Å². The minimum absolute atomic E-state index is 0.220. The van der Waals surface area contributed by atoms with Gasteiger partial charge in [0.2, 0.25) is 0 Å². The Bertz CT molecular complexity index is 310. The van der Waals surface area contributed by atoms with Gasteiger partial charge in [0.15, 0.2) is 0 Å². The molecule has 0 fully saturated rings. The summed E-state index contributed by atoms with van der Waals surface area (Å²) in [6, 6.07) is 2.53. The molecule has 1 atom stereocenters. The average Bonchev–Trinajstić information content (AvgIpc) is 2.12. The SMILES string of the molecule is CCC(O)c1c(F)ccc(C)c1F. The lowest BCUT2D eigenvalue weighted by atomic mass is 10.0. The van der Waals surface area contributed by atoms with Crippen molar-refractivity contribution in [2.24, 2.45) is 0 Å². The van der Waals surface area contributed by atoms with Crippen molar-refractivity contribution >= 4 is 0 Å². The van der Waals surface area contributed by atoms with Crippen LogP contribution in [0.2, 0.25) is 0 Å². The molecule has 1 nitrogen and oxygen atoms in total. The summed E-state index contributed by atoms with van der Waals surface area (Å²) >= 11 is 0. The molecule has 0 aliphatic carbocycles. The minimum Gasteiger partial charge on any atom is -0.388 e. The van der Waals surface area contributed by atoms with E-state index in [-0.39, 0.29) is 5.56 Å². The van der Waals surface area contributed by atoms with Gasteiger partial charge in [-0.05, 0) is 25.0 Å². The van der Waals surface area contributed by atoms with Crippen LogP contribution in [0.4, 0.5) is 8.78 Å². The van der Waals surface area contributed by atoms with E-state index >= 15 is 0 Å². The van der Waals surface area contributed by atoms with Crippen molar-refractivity contribution in [2.75, 3.05) is 0 Å². The summed E-state index contributed by atoms with van der Waals surface area (Å²) in [5, 5.41) is 9.34. The van der Waals surface area contributed by atoms with Gasteiger partial charge in [-0.1, -0.05) is 13.0 Å². The molecule has 3 heteroatoms. The van der Waals surface area contributed by atoms with Crippen LogP contribution in [0, 0.1) is 18.6 Å². The van der Waals surface area contributed by atoms with Crippen LogP contribution in [0.3, 0.4) is 0 Å². The number of hydrogen-bond acceptors (Lipinski definition) is 1. The number of aliphatic hydroxyl groups is 1. The van der Waals surface area contributed by atoms with Crippen LogP contribution in [-0.2, 0) is 0 Å². The molecule has 0 aromatic heterocycles. The van der Waals surface area contributed by atoms with Gasteiger partial charge in [0.05, 0.1) is 11.7 Å². The monoisotopic (exact) mass is 186 g/mol. The molecular formula is C10H12F2O. The highest BCUT2D eigenvalue weighted by Crippen LogP contribution is 2.24. The maximum atomic E-state index is 13.3. The van der Waals surface area contributed by atoms with E-state index in [0.29, 0.717) is 12.0 Å². The molecule has 13 heavy (non-hydrogen) atoms. The van der Waals surface area contributed by atoms with Crippen LogP contribution in [-0.4, -0.2) is 5.11 Å². The summed E-state index contributed by atoms with van der Waals surface area (Å²) in [6.45, 7) is 3.21. The Balaban J connectivity index is 3.25. The molecule has 0 amide bonds. The Labute approximate surface area is 76.0 Å². The third kappa shape index (κ3) is 1.86. The quantitative estimate of drug-likeness (QED) is 0.752. The number of hydrogen-bond donors (Lipinski definition) is 1. The summed E-state index contributed by atoms with van der Waals surface area (Å²) in [4.78, 5) is 0. The zero-order valence-corrected chi connectivity index (χ0v) is 7.64. The highest BCUT2D eigenvalue weighted by atomic mass is 19.1. The number of benzene rings is 1. The van der Waals surface area contributed by atoms with Crippen molar-refractivity contribution in [2.45, 2.75) is 26.4 Å². The van der Waals surface area contributed by atoms with E-state index in [1.165, 1.54) is 12.1 Å². The molecule has 0 aliphatic rings. The third-order valence-corrected chi connectivity index (χ3v) is 2.04. The van der Waals surface area contributed by atoms with Gasteiger partial charge < -0.3 is 5.11 Å². The summed E-state index contributed by atoms with van der Waals surface area (Å²) < 4.78 is 26.4. The second-order valence-electron chi connectivity index (χ2n) is 3.02. The van der Waals surface area contributed by atoms with E-state index in [2.05, 4.69) is 0 Å². The standard InChI is InChI=1S/C10H12F2O/c1-3-8(13)9-7(11)5-4-6(2)10(9)12/h4-5,8,13H,3H2,1-2H3. The summed E-state index contributed by atoms with van der Waals surface area (Å²) in [7, 11) is 0. The van der Waals surface area contributed by atoms with Crippen LogP contribution in [0.25, 0.3) is 0 Å². The smallest absolute Gasteiger partial charge is 0.134 e. The zero-order chi connectivity index (χ0) is 10.0. The molecule has 1 aromatic carbocycles. The Morgan fingerprint density at radius 1 is 1.38 bits per heavy atom. The summed E-state index contributed by atoms with van der Waals surface area (Å²) in [5.41, 5.74) is 0.131. The van der Waals surface area contributed by atoms with Gasteiger partial charge in [-0.3, -0.25) is 0 Å². The maximum Gasteiger partial charge on any atom is 0.134 e. The second kappa shape index (κ2) is 3.83. The van der Waals surface area contributed by atoms with Crippen LogP contribution in [0.15, 0.2) is 12.1 Å². The maximum absolute atomic E-state index is 13.3. The van der Waals surface area contributed by atoms with Crippen LogP contribution in [0.1, 0.15) is 30.6 Å². The molecule has 1 rings (SSSR count). The van der Waals surface area contributed by atoms with Crippen molar-refractivity contribution in [3.8, 4) is 0 Å². The fraction of sp³-hybridized carbons (Fsp3) is 0.400. The largest absolute Gasteiger partial charge is 0.388 e. The van der Waals surface area contributed by atoms with Gasteiger partial charge in [-0.25, -0.2) is 8.78 Å². The van der Waals surface area contributed by atoms with E-state index in [0.717, 1.165) is 0 Å². The van der Waals surface area contributed by atoms with Crippen LogP contribution < -0.4 is 0 Å². The van der Waals surface area contributed by atoms with E-state index in [1.54, 1.807) is 13.8 Å². The van der Waals surface area contributed by atoms with Crippen LogP contribution >= 0.6 is 0 Å². The third-order valence-electron chi connectivity index (χ3n) is 2.04. The molecule has 1 N–H and O–H groups in total. The molecule has 0 bridgehead atoms. The van der Waals surface area contributed by atoms with Gasteiger partial charge in [0.1, 0.15) is 11.6 Å². The number of aryl methyl sites for hydroxylation is 1. The fourth-order valence-corrected chi connectivity index (χ4v) is 1.19. The zero-order valence-electron chi connectivity index (χ0n) is 7.64. The first-order chi connectivity index (χ1) is 6.07. The Kier molecular flexibility index (Phi) is 2.98. The first kappa shape index (κ1) is 10.1. The van der Waals surface area contributed by atoms with E-state index in [1.807, 2.05) is 0 Å². The second-order valence-corrected chi connectivity index (χ2v) is 3.02. The average molecular weight is 186 g/mol. The van der Waals surface area contributed by atoms with Crippen molar-refractivity contribution in [3.63, 3.8) is 0 Å². The molecule has 0 saturated heterocycles. The molecule has 1 aromatic rings. The van der Waals surface area contributed by atoms with Gasteiger partial charge >= 0.3 is 0 Å². The Hall–Kier alpha value is -0.960. The normalized spacial score (nSPS) is 13.0. The number of aliphatic hydroxyl groups excluding tert-OH is 1. The lowest BCUT2D eigenvalue weighted by Crippen LogP contribution is -2.04. The van der Waals surface area contributed by atoms with E-state index in [9.17, 15) is 13.9 Å². The summed E-state index contributed by atoms with van der Waals surface area (Å²) in [6.07, 6.45) is -0.753. The first-order valence-corrected chi connectivity index (χ1v) is 4.20. The molecule has 0 aliphatic heterocycles. The van der Waals surface area contributed by atoms with Gasteiger partial charge in [-0.2, -0.15) is 0 Å². The molecule has 72 valence electrons. The molecule has 0 heterocycles. The lowest BCUT2D eigenvalue weighted by Gasteiger charge is -2.11. The fourth-order valence-electron chi connectivity index (χ4n) is 1.19. The molecule has 0 saturated carbocycles. The van der Waals surface area contributed by atoms with Crippen molar-refractivity contribution < 1.29 is 13.9 Å². The highest BCUT2D eigenvalue weighted by Gasteiger charge is 2.17. The van der Waals surface area contributed by atoms with Crippen molar-refractivity contribution in [1.82, 2.24) is 0 Å². The Morgan fingerprint density at radius 2 is 2.00 bits per heavy atom. The predicted molar refractivity (Wildman–Crippen MR) is 46.3 cm³/mol. The number of halogens is 2. The molecule has 0 spiro atoms. The van der Waals surface area contributed by atoms with Crippen molar-refractivity contribution in [3.05, 3.63) is 34.9 Å². The number of rotatable bonds is 2. The minimum atomic E-state index is -1.06. The summed E-state index contributed by atoms with van der Waals surface area (Å²) in [5.74, 6) is -1.33. The lowest BCUT2D eigenvalue weighted by molar-refractivity contribution is 0.163. The van der Waals surface area contributed by atoms with Gasteiger partial charge in [0, 0.05) is 0 Å². The van der Waals surface area contributed by atoms with E-state index < -0.39 is 17.7 Å². The first-order valence-electron chi connectivity index (χ1n) is 4.20. The van der Waals surface area contributed by atoms with Gasteiger partial charge in [0.25, 0.3) is 0 Å². The highest BCUT2D eigenvalue weighted by molar-refractivity contribution is 5.28. The molecule has 1 unspecified atom stereocenters.